The Morgan fingerprint density at radius 1 is 0.864 bits per heavy atom. The zero-order valence-corrected chi connectivity index (χ0v) is 15.1. The minimum atomic E-state index is -4.20. The van der Waals surface area contributed by atoms with Crippen LogP contribution in [0.1, 0.15) is 0 Å². The van der Waals surface area contributed by atoms with E-state index in [-0.39, 0.29) is 14.8 Å². The summed E-state index contributed by atoms with van der Waals surface area (Å²) in [7, 11) is -7.37. The molecule has 4 nitrogen and oxygen atoms in total. The maximum absolute atomic E-state index is 12.6. The van der Waals surface area contributed by atoms with Gasteiger partial charge < -0.3 is 0 Å². The molecular formula is C13H10Cl3NO3S2. The van der Waals surface area contributed by atoms with Gasteiger partial charge in [-0.25, -0.2) is 4.21 Å². The van der Waals surface area contributed by atoms with Gasteiger partial charge in [-0.2, -0.15) is 8.42 Å². The van der Waals surface area contributed by atoms with Crippen LogP contribution in [-0.4, -0.2) is 18.9 Å². The van der Waals surface area contributed by atoms with Gasteiger partial charge in [-0.1, -0.05) is 34.8 Å². The van der Waals surface area contributed by atoms with Gasteiger partial charge in [0.2, 0.25) is 0 Å². The van der Waals surface area contributed by atoms with Crippen LogP contribution in [0.25, 0.3) is 0 Å². The summed E-state index contributed by atoms with van der Waals surface area (Å²) in [6.07, 6.45) is 1.23. The van der Waals surface area contributed by atoms with Gasteiger partial charge in [0.15, 0.2) is 0 Å². The smallest absolute Gasteiger partial charge is 0.244 e. The highest BCUT2D eigenvalue weighted by Crippen LogP contribution is 2.28. The van der Waals surface area contributed by atoms with Crippen molar-refractivity contribution in [3.8, 4) is 0 Å². The van der Waals surface area contributed by atoms with E-state index in [2.05, 4.69) is 3.77 Å². The standard InChI is InChI=1S/C13H10Cl3NO3S2/c1-21(18,11-5-2-9(14)3-6-11)17-22(19,20)13-7-4-10(15)8-12(13)16/h2-8H,1H3/t21-/m1/s1. The number of nitrogens with zero attached hydrogens (tertiary/aromatic N) is 1. The van der Waals surface area contributed by atoms with Crippen LogP contribution in [0.15, 0.2) is 56.0 Å². The van der Waals surface area contributed by atoms with Gasteiger partial charge in [-0.3, -0.25) is 0 Å². The predicted octanol–water partition coefficient (Wildman–Crippen LogP) is 4.49. The molecule has 0 aromatic heterocycles. The van der Waals surface area contributed by atoms with Crippen molar-refractivity contribution >= 4 is 54.6 Å². The second kappa shape index (κ2) is 6.37. The molecule has 0 radical (unpaired) electrons. The molecule has 0 fully saturated rings. The molecule has 0 aliphatic carbocycles. The van der Waals surface area contributed by atoms with Gasteiger partial charge in [0.1, 0.15) is 4.90 Å². The van der Waals surface area contributed by atoms with Gasteiger partial charge in [0.05, 0.1) is 14.8 Å². The molecule has 0 unspecified atom stereocenters. The van der Waals surface area contributed by atoms with Crippen LogP contribution in [0.4, 0.5) is 0 Å². The highest BCUT2D eigenvalue weighted by atomic mass is 35.5. The van der Waals surface area contributed by atoms with Crippen LogP contribution in [0.3, 0.4) is 0 Å². The molecular weight excluding hydrogens is 389 g/mol. The molecule has 0 saturated heterocycles. The zero-order chi connectivity index (χ0) is 16.5. The fourth-order valence-corrected chi connectivity index (χ4v) is 5.82. The van der Waals surface area contributed by atoms with E-state index in [0.717, 1.165) is 0 Å². The van der Waals surface area contributed by atoms with Crippen molar-refractivity contribution in [3.05, 3.63) is 57.5 Å². The number of hydrogen-bond donors (Lipinski definition) is 0. The Kier molecular flexibility index (Phi) is 5.09. The molecule has 0 aliphatic heterocycles. The first kappa shape index (κ1) is 17.6. The molecule has 1 atom stereocenters. The first-order valence-corrected chi connectivity index (χ1v) is 10.3. The van der Waals surface area contributed by atoms with Gasteiger partial charge in [0.25, 0.3) is 10.0 Å². The number of sulfonamides is 1. The molecule has 2 aromatic carbocycles. The molecule has 0 bridgehead atoms. The summed E-state index contributed by atoms with van der Waals surface area (Å²) in [5, 5.41) is 0.656. The van der Waals surface area contributed by atoms with E-state index in [0.29, 0.717) is 10.0 Å². The van der Waals surface area contributed by atoms with Crippen molar-refractivity contribution in [2.75, 3.05) is 6.26 Å². The molecule has 0 saturated carbocycles. The number of rotatable bonds is 3. The zero-order valence-electron chi connectivity index (χ0n) is 11.2. The minimum Gasteiger partial charge on any atom is -0.244 e. The summed E-state index contributed by atoms with van der Waals surface area (Å²) in [6, 6.07) is 9.83. The second-order valence-electron chi connectivity index (χ2n) is 4.38. The lowest BCUT2D eigenvalue weighted by atomic mass is 10.4. The molecule has 0 aliphatic rings. The molecule has 0 heterocycles. The second-order valence-corrected chi connectivity index (χ2v) is 9.72. The molecule has 2 aromatic rings. The van der Waals surface area contributed by atoms with Crippen LogP contribution < -0.4 is 0 Å². The molecule has 0 amide bonds. The van der Waals surface area contributed by atoms with Crippen LogP contribution in [0, 0.1) is 0 Å². The lowest BCUT2D eigenvalue weighted by molar-refractivity contribution is 0.598. The SMILES string of the molecule is C[S@](=O)(=NS(=O)(=O)c1ccc(Cl)cc1Cl)c1ccc(Cl)cc1. The average molecular weight is 399 g/mol. The van der Waals surface area contributed by atoms with E-state index in [9.17, 15) is 12.6 Å². The monoisotopic (exact) mass is 397 g/mol. The number of hydrogen-bond acceptors (Lipinski definition) is 3. The predicted molar refractivity (Wildman–Crippen MR) is 89.9 cm³/mol. The maximum Gasteiger partial charge on any atom is 0.291 e. The summed E-state index contributed by atoms with van der Waals surface area (Å²) in [5.74, 6) is 0. The molecule has 118 valence electrons. The van der Waals surface area contributed by atoms with Crippen molar-refractivity contribution in [3.63, 3.8) is 0 Å². The topological polar surface area (TPSA) is 63.6 Å². The Bertz CT molecular complexity index is 932. The van der Waals surface area contributed by atoms with E-state index in [1.165, 1.54) is 48.7 Å². The fourth-order valence-electron chi connectivity index (χ4n) is 1.64. The van der Waals surface area contributed by atoms with Gasteiger partial charge in [-0.05, 0) is 42.5 Å². The van der Waals surface area contributed by atoms with Crippen molar-refractivity contribution in [2.24, 2.45) is 3.77 Å². The summed E-state index contributed by atoms with van der Waals surface area (Å²) in [6.45, 7) is 0. The molecule has 9 heteroatoms. The van der Waals surface area contributed by atoms with E-state index < -0.39 is 19.8 Å². The Morgan fingerprint density at radius 3 is 1.95 bits per heavy atom. The summed E-state index contributed by atoms with van der Waals surface area (Å²) in [5.41, 5.74) is 0. The quantitative estimate of drug-likeness (QED) is 0.765. The highest BCUT2D eigenvalue weighted by molar-refractivity contribution is 8.03. The van der Waals surface area contributed by atoms with Crippen LogP contribution >= 0.6 is 34.8 Å². The Morgan fingerprint density at radius 2 is 1.41 bits per heavy atom. The van der Waals surface area contributed by atoms with E-state index >= 15 is 0 Å². The first-order valence-electron chi connectivity index (χ1n) is 5.81. The van der Waals surface area contributed by atoms with Crippen molar-refractivity contribution in [2.45, 2.75) is 9.79 Å². The Labute approximate surface area is 144 Å². The van der Waals surface area contributed by atoms with E-state index in [4.69, 9.17) is 34.8 Å². The minimum absolute atomic E-state index is 0.0810. The van der Waals surface area contributed by atoms with E-state index in [1.807, 2.05) is 0 Å². The molecule has 2 rings (SSSR count). The van der Waals surface area contributed by atoms with Crippen LogP contribution in [-0.2, 0) is 19.8 Å². The van der Waals surface area contributed by atoms with Gasteiger partial charge >= 0.3 is 0 Å². The molecule has 0 spiro atoms. The number of halogens is 3. The fraction of sp³-hybridized carbons (Fsp3) is 0.0769. The molecule has 22 heavy (non-hydrogen) atoms. The van der Waals surface area contributed by atoms with Gasteiger partial charge in [0, 0.05) is 21.2 Å². The largest absolute Gasteiger partial charge is 0.291 e. The Balaban J connectivity index is 2.58. The van der Waals surface area contributed by atoms with Crippen molar-refractivity contribution < 1.29 is 12.6 Å². The molecule has 0 N–H and O–H groups in total. The lowest BCUT2D eigenvalue weighted by Gasteiger charge is -2.06. The highest BCUT2D eigenvalue weighted by Gasteiger charge is 2.20. The van der Waals surface area contributed by atoms with Crippen LogP contribution in [0.2, 0.25) is 15.1 Å². The first-order chi connectivity index (χ1) is 10.1. The maximum atomic E-state index is 12.6. The summed E-state index contributed by atoms with van der Waals surface area (Å²) < 4.78 is 40.8. The lowest BCUT2D eigenvalue weighted by Crippen LogP contribution is -2.05. The van der Waals surface area contributed by atoms with Gasteiger partial charge in [-0.15, -0.1) is 3.77 Å². The third-order valence-electron chi connectivity index (χ3n) is 2.66. The van der Waals surface area contributed by atoms with Crippen LogP contribution in [0.5, 0.6) is 0 Å². The van der Waals surface area contributed by atoms with Crippen molar-refractivity contribution in [1.29, 1.82) is 0 Å². The third-order valence-corrected chi connectivity index (χ3v) is 7.56. The third kappa shape index (κ3) is 3.94. The number of benzene rings is 2. The normalized spacial score (nSPS) is 14.4. The summed E-state index contributed by atoms with van der Waals surface area (Å²) in [4.78, 5) is 0.00710. The Hall–Kier alpha value is -0.790. The van der Waals surface area contributed by atoms with E-state index in [1.54, 1.807) is 0 Å². The average Bonchev–Trinajstić information content (AvgIpc) is 2.37. The summed E-state index contributed by atoms with van der Waals surface area (Å²) >= 11 is 17.4. The van der Waals surface area contributed by atoms with Crippen molar-refractivity contribution in [1.82, 2.24) is 0 Å².